The number of hydrogen-bond donors (Lipinski definition) is 0. The van der Waals surface area contributed by atoms with Gasteiger partial charge in [-0.25, -0.2) is 0 Å². The van der Waals surface area contributed by atoms with Crippen molar-refractivity contribution in [2.75, 3.05) is 7.11 Å². The Morgan fingerprint density at radius 2 is 1.35 bits per heavy atom. The molecule has 0 saturated carbocycles. The van der Waals surface area contributed by atoms with Crippen LogP contribution in [0.2, 0.25) is 16.6 Å². The lowest BCUT2D eigenvalue weighted by atomic mass is 10.00. The molecule has 4 rings (SSSR count). The molecule has 2 aromatic heterocycles. The van der Waals surface area contributed by atoms with E-state index in [9.17, 15) is 10.1 Å². The van der Waals surface area contributed by atoms with E-state index in [2.05, 4.69) is 47.6 Å². The minimum absolute atomic E-state index is 0.0456. The Morgan fingerprint density at radius 3 is 1.86 bits per heavy atom. The summed E-state index contributed by atoms with van der Waals surface area (Å²) in [5.41, 5.74) is 4.99. The van der Waals surface area contributed by atoms with E-state index in [-0.39, 0.29) is 10.6 Å². The van der Waals surface area contributed by atoms with Gasteiger partial charge in [0.1, 0.15) is 25.3 Å². The van der Waals surface area contributed by atoms with Gasteiger partial charge in [-0.3, -0.25) is 10.1 Å². The van der Waals surface area contributed by atoms with Crippen molar-refractivity contribution < 1.29 is 18.5 Å². The summed E-state index contributed by atoms with van der Waals surface area (Å²) in [6, 6.07) is 18.6. The minimum atomic E-state index is -2.13. The Labute approximate surface area is 219 Å². The van der Waals surface area contributed by atoms with Crippen molar-refractivity contribution in [1.82, 2.24) is 0 Å². The zero-order valence-corrected chi connectivity index (χ0v) is 23.6. The fraction of sp³-hybridized carbons (Fsp3) is 0.333. The van der Waals surface area contributed by atoms with Crippen LogP contribution in [-0.4, -0.2) is 20.1 Å². The molecular weight excluding hydrogens is 482 g/mol. The zero-order valence-electron chi connectivity index (χ0n) is 22.6. The van der Waals surface area contributed by atoms with Gasteiger partial charge in [0.05, 0.1) is 29.2 Å². The van der Waals surface area contributed by atoms with Gasteiger partial charge < -0.3 is 13.6 Å². The summed E-state index contributed by atoms with van der Waals surface area (Å²) >= 11 is 0. The van der Waals surface area contributed by atoms with Crippen LogP contribution in [0.3, 0.4) is 0 Å². The van der Waals surface area contributed by atoms with Gasteiger partial charge >= 0.3 is 0 Å². The third-order valence-electron chi connectivity index (χ3n) is 7.68. The molecule has 0 aliphatic carbocycles. The summed E-state index contributed by atoms with van der Waals surface area (Å²) in [5.74, 6) is 2.17. The number of nitrogens with zero attached hydrogens (tertiary/aromatic N) is 1. The average Bonchev–Trinajstić information content (AvgIpc) is 3.51. The van der Waals surface area contributed by atoms with Crippen molar-refractivity contribution in [3.05, 3.63) is 77.0 Å². The second-order valence-corrected chi connectivity index (χ2v) is 16.3. The van der Waals surface area contributed by atoms with Gasteiger partial charge in [-0.2, -0.15) is 0 Å². The van der Waals surface area contributed by atoms with E-state index in [4.69, 9.17) is 13.6 Å². The number of methoxy groups -OCH3 is 1. The van der Waals surface area contributed by atoms with Gasteiger partial charge in [0.15, 0.2) is 0 Å². The van der Waals surface area contributed by atoms with Gasteiger partial charge in [0.2, 0.25) is 0 Å². The van der Waals surface area contributed by atoms with Crippen molar-refractivity contribution in [2.24, 2.45) is 0 Å². The number of nitro benzene ring substituents is 1. The monoisotopic (exact) mass is 517 g/mol. The summed E-state index contributed by atoms with van der Waals surface area (Å²) in [5, 5.41) is 12.3. The Morgan fingerprint density at radius 1 is 0.784 bits per heavy atom. The number of benzene rings is 2. The number of ether oxygens (including phenoxy) is 1. The second kappa shape index (κ2) is 10.4. The molecule has 0 atom stereocenters. The van der Waals surface area contributed by atoms with Gasteiger partial charge in [0, 0.05) is 23.3 Å². The number of nitro groups is 1. The SMILES string of the molecule is COc1ccc(-c2ccoc2-c2cc([Si](C(C)C)(C(C)C)C(C)C)oc2-c2ccc([N+](=O)[O-])cc2)cc1. The second-order valence-electron chi connectivity index (χ2n) is 10.4. The highest BCUT2D eigenvalue weighted by atomic mass is 28.3. The van der Waals surface area contributed by atoms with E-state index >= 15 is 0 Å². The highest BCUT2D eigenvalue weighted by molar-refractivity contribution is 6.94. The van der Waals surface area contributed by atoms with Gasteiger partial charge in [-0.1, -0.05) is 53.7 Å². The largest absolute Gasteiger partial charge is 0.497 e. The Kier molecular flexibility index (Phi) is 7.46. The molecule has 0 saturated heterocycles. The number of non-ortho nitro benzene ring substituents is 1. The molecular formula is C30H35NO5Si. The molecule has 0 radical (unpaired) electrons. The van der Waals surface area contributed by atoms with Crippen molar-refractivity contribution in [3.8, 4) is 39.5 Å². The Balaban J connectivity index is 1.96. The number of rotatable bonds is 9. The lowest BCUT2D eigenvalue weighted by Crippen LogP contribution is -2.55. The van der Waals surface area contributed by atoms with E-state index in [0.717, 1.165) is 33.4 Å². The highest BCUT2D eigenvalue weighted by Crippen LogP contribution is 2.45. The normalized spacial score (nSPS) is 12.1. The summed E-state index contributed by atoms with van der Waals surface area (Å²) < 4.78 is 18.3. The van der Waals surface area contributed by atoms with E-state index < -0.39 is 8.07 Å². The first-order chi connectivity index (χ1) is 17.6. The first-order valence-electron chi connectivity index (χ1n) is 12.7. The summed E-state index contributed by atoms with van der Waals surface area (Å²) in [7, 11) is -0.482. The van der Waals surface area contributed by atoms with Crippen molar-refractivity contribution in [1.29, 1.82) is 0 Å². The average molecular weight is 518 g/mol. The zero-order chi connectivity index (χ0) is 26.9. The molecule has 4 aromatic rings. The third kappa shape index (κ3) is 4.64. The van der Waals surface area contributed by atoms with E-state index in [1.807, 2.05) is 30.3 Å². The maximum atomic E-state index is 11.3. The van der Waals surface area contributed by atoms with Gasteiger partial charge in [-0.15, -0.1) is 0 Å². The predicted octanol–water partition coefficient (Wildman–Crippen LogP) is 8.68. The van der Waals surface area contributed by atoms with Crippen molar-refractivity contribution in [3.63, 3.8) is 0 Å². The van der Waals surface area contributed by atoms with Crippen LogP contribution in [0.4, 0.5) is 5.69 Å². The molecule has 0 aliphatic heterocycles. The molecule has 0 bridgehead atoms. The fourth-order valence-corrected chi connectivity index (χ4v) is 12.5. The van der Waals surface area contributed by atoms with Gasteiger partial charge in [-0.05, 0) is 58.6 Å². The molecule has 7 heteroatoms. The van der Waals surface area contributed by atoms with Crippen LogP contribution in [0.5, 0.6) is 5.75 Å². The predicted molar refractivity (Wildman–Crippen MR) is 151 cm³/mol. The van der Waals surface area contributed by atoms with E-state index in [1.165, 1.54) is 12.1 Å². The molecule has 37 heavy (non-hydrogen) atoms. The maximum Gasteiger partial charge on any atom is 0.269 e. The standard InChI is InChI=1S/C30H35NO5Si/c1-19(2)37(20(3)4,21(5)6)28-18-27(29(36-28)23-8-12-24(13-9-23)31(32)33)30-26(16-17-35-30)22-10-14-25(34-7)15-11-22/h8-21H,1-7H3. The first-order valence-corrected chi connectivity index (χ1v) is 15.0. The Hall–Kier alpha value is -3.58. The van der Waals surface area contributed by atoms with Crippen LogP contribution in [0.1, 0.15) is 41.5 Å². The molecule has 0 spiro atoms. The summed E-state index contributed by atoms with van der Waals surface area (Å²) in [4.78, 5) is 10.9. The van der Waals surface area contributed by atoms with Crippen molar-refractivity contribution >= 4 is 19.1 Å². The molecule has 0 fully saturated rings. The summed E-state index contributed by atoms with van der Waals surface area (Å²) in [6.07, 6.45) is 1.69. The molecule has 0 amide bonds. The smallest absolute Gasteiger partial charge is 0.269 e. The molecule has 0 unspecified atom stereocenters. The van der Waals surface area contributed by atoms with Gasteiger partial charge in [0.25, 0.3) is 5.69 Å². The van der Waals surface area contributed by atoms with Crippen LogP contribution >= 0.6 is 0 Å². The quantitative estimate of drug-likeness (QED) is 0.126. The van der Waals surface area contributed by atoms with E-state index in [0.29, 0.717) is 28.1 Å². The molecule has 0 N–H and O–H groups in total. The minimum Gasteiger partial charge on any atom is -0.497 e. The molecule has 0 aliphatic rings. The Bertz CT molecular complexity index is 1340. The third-order valence-corrected chi connectivity index (χ3v) is 14.5. The molecule has 2 aromatic carbocycles. The maximum absolute atomic E-state index is 11.3. The van der Waals surface area contributed by atoms with Crippen LogP contribution in [0.25, 0.3) is 33.8 Å². The molecule has 2 heterocycles. The topological polar surface area (TPSA) is 78.7 Å². The fourth-order valence-electron chi connectivity index (χ4n) is 6.09. The van der Waals surface area contributed by atoms with Crippen LogP contribution in [-0.2, 0) is 0 Å². The first kappa shape index (κ1) is 26.5. The van der Waals surface area contributed by atoms with Crippen molar-refractivity contribution in [2.45, 2.75) is 58.2 Å². The van der Waals surface area contributed by atoms with Crippen LogP contribution < -0.4 is 10.1 Å². The lowest BCUT2D eigenvalue weighted by molar-refractivity contribution is -0.384. The summed E-state index contributed by atoms with van der Waals surface area (Å²) in [6.45, 7) is 13.8. The molecule has 6 nitrogen and oxygen atoms in total. The van der Waals surface area contributed by atoms with Crippen LogP contribution in [0, 0.1) is 10.1 Å². The lowest BCUT2D eigenvalue weighted by Gasteiger charge is -2.41. The number of hydrogen-bond acceptors (Lipinski definition) is 5. The molecule has 194 valence electrons. The van der Waals surface area contributed by atoms with Crippen LogP contribution in [0.15, 0.2) is 75.8 Å². The van der Waals surface area contributed by atoms with E-state index in [1.54, 1.807) is 25.5 Å². The highest BCUT2D eigenvalue weighted by Gasteiger charge is 2.48. The number of furan rings is 2.